The van der Waals surface area contributed by atoms with Gasteiger partial charge in [-0.25, -0.2) is 0 Å². The number of hydrogen-bond acceptors (Lipinski definition) is 4. The van der Waals surface area contributed by atoms with Crippen LogP contribution in [0.4, 0.5) is 11.4 Å². The number of nitrogens with one attached hydrogen (secondary N) is 1. The van der Waals surface area contributed by atoms with Gasteiger partial charge in [0.25, 0.3) is 0 Å². The predicted molar refractivity (Wildman–Crippen MR) is 60.6 cm³/mol. The summed E-state index contributed by atoms with van der Waals surface area (Å²) in [6.07, 6.45) is 7.72. The van der Waals surface area contributed by atoms with Crippen molar-refractivity contribution < 1.29 is 5.11 Å². The van der Waals surface area contributed by atoms with Crippen LogP contribution in [-0.4, -0.2) is 22.2 Å². The van der Waals surface area contributed by atoms with E-state index in [2.05, 4.69) is 10.3 Å². The summed E-state index contributed by atoms with van der Waals surface area (Å²) in [5.74, 6) is 0. The number of nitrogen functional groups attached to an aromatic ring is 1. The Morgan fingerprint density at radius 2 is 2.13 bits per heavy atom. The number of pyridine rings is 1. The molecule has 0 aliphatic heterocycles. The minimum atomic E-state index is -0.157. The SMILES string of the molecule is Nc1cncc(NC2(CO)CCCC2)c1. The topological polar surface area (TPSA) is 71.2 Å². The molecule has 1 fully saturated rings. The van der Waals surface area contributed by atoms with E-state index < -0.39 is 0 Å². The van der Waals surface area contributed by atoms with E-state index in [4.69, 9.17) is 5.73 Å². The highest BCUT2D eigenvalue weighted by Crippen LogP contribution is 2.32. The summed E-state index contributed by atoms with van der Waals surface area (Å²) in [6, 6.07) is 1.85. The molecular weight excluding hydrogens is 190 g/mol. The summed E-state index contributed by atoms with van der Waals surface area (Å²) >= 11 is 0. The monoisotopic (exact) mass is 207 g/mol. The van der Waals surface area contributed by atoms with Gasteiger partial charge in [-0.3, -0.25) is 4.98 Å². The predicted octanol–water partition coefficient (Wildman–Crippen LogP) is 1.38. The van der Waals surface area contributed by atoms with Crippen LogP contribution < -0.4 is 11.1 Å². The summed E-state index contributed by atoms with van der Waals surface area (Å²) in [5.41, 5.74) is 7.03. The lowest BCUT2D eigenvalue weighted by atomic mass is 9.98. The average molecular weight is 207 g/mol. The Labute approximate surface area is 89.5 Å². The molecule has 0 aromatic carbocycles. The fourth-order valence-electron chi connectivity index (χ4n) is 2.21. The maximum Gasteiger partial charge on any atom is 0.0661 e. The molecule has 1 aromatic heterocycles. The van der Waals surface area contributed by atoms with Crippen molar-refractivity contribution in [1.29, 1.82) is 0 Å². The van der Waals surface area contributed by atoms with Crippen molar-refractivity contribution in [2.45, 2.75) is 31.2 Å². The number of anilines is 2. The Bertz CT molecular complexity index is 334. The highest BCUT2D eigenvalue weighted by molar-refractivity contribution is 5.52. The van der Waals surface area contributed by atoms with Gasteiger partial charge in [-0.1, -0.05) is 12.8 Å². The van der Waals surface area contributed by atoms with E-state index in [1.54, 1.807) is 12.4 Å². The first kappa shape index (κ1) is 10.2. The van der Waals surface area contributed by atoms with Gasteiger partial charge in [-0.15, -0.1) is 0 Å². The molecule has 1 saturated carbocycles. The summed E-state index contributed by atoms with van der Waals surface area (Å²) in [7, 11) is 0. The van der Waals surface area contributed by atoms with E-state index in [0.717, 1.165) is 18.5 Å². The van der Waals surface area contributed by atoms with Gasteiger partial charge in [0.05, 0.1) is 29.7 Å². The molecule has 2 rings (SSSR count). The van der Waals surface area contributed by atoms with E-state index in [0.29, 0.717) is 5.69 Å². The Kier molecular flexibility index (Phi) is 2.77. The molecule has 1 aromatic rings. The molecule has 0 amide bonds. The van der Waals surface area contributed by atoms with Gasteiger partial charge < -0.3 is 16.2 Å². The molecule has 4 N–H and O–H groups in total. The number of aliphatic hydroxyl groups excluding tert-OH is 1. The Morgan fingerprint density at radius 1 is 1.40 bits per heavy atom. The first-order valence-electron chi connectivity index (χ1n) is 5.34. The van der Waals surface area contributed by atoms with Crippen molar-refractivity contribution in [1.82, 2.24) is 4.98 Å². The molecule has 1 aliphatic carbocycles. The van der Waals surface area contributed by atoms with Gasteiger partial charge in [0.15, 0.2) is 0 Å². The number of aromatic nitrogens is 1. The van der Waals surface area contributed by atoms with Gasteiger partial charge in [-0.05, 0) is 18.9 Å². The van der Waals surface area contributed by atoms with Crippen molar-refractivity contribution in [2.75, 3.05) is 17.7 Å². The third-order valence-corrected chi connectivity index (χ3v) is 3.03. The van der Waals surface area contributed by atoms with E-state index in [1.165, 1.54) is 12.8 Å². The Hall–Kier alpha value is -1.29. The van der Waals surface area contributed by atoms with Crippen LogP contribution in [0.3, 0.4) is 0 Å². The highest BCUT2D eigenvalue weighted by Gasteiger charge is 2.32. The zero-order chi connectivity index (χ0) is 10.7. The van der Waals surface area contributed by atoms with Crippen LogP contribution in [0.15, 0.2) is 18.5 Å². The van der Waals surface area contributed by atoms with E-state index in [1.807, 2.05) is 6.07 Å². The Balaban J connectivity index is 2.12. The lowest BCUT2D eigenvalue weighted by molar-refractivity contribution is 0.214. The van der Waals surface area contributed by atoms with Gasteiger partial charge in [0.2, 0.25) is 0 Å². The van der Waals surface area contributed by atoms with Crippen LogP contribution in [0.2, 0.25) is 0 Å². The molecule has 4 heteroatoms. The molecule has 15 heavy (non-hydrogen) atoms. The second kappa shape index (κ2) is 4.06. The quantitative estimate of drug-likeness (QED) is 0.700. The van der Waals surface area contributed by atoms with Crippen molar-refractivity contribution in [2.24, 2.45) is 0 Å². The van der Waals surface area contributed by atoms with Crippen molar-refractivity contribution in [3.05, 3.63) is 18.5 Å². The van der Waals surface area contributed by atoms with Crippen molar-refractivity contribution in [3.63, 3.8) is 0 Å². The summed E-state index contributed by atoms with van der Waals surface area (Å²) in [4.78, 5) is 4.02. The smallest absolute Gasteiger partial charge is 0.0661 e. The molecule has 4 nitrogen and oxygen atoms in total. The minimum Gasteiger partial charge on any atom is -0.397 e. The summed E-state index contributed by atoms with van der Waals surface area (Å²) < 4.78 is 0. The van der Waals surface area contributed by atoms with Gasteiger partial charge in [-0.2, -0.15) is 0 Å². The Morgan fingerprint density at radius 3 is 2.73 bits per heavy atom. The standard InChI is InChI=1S/C11H17N3O/c12-9-5-10(7-13-6-9)14-11(8-15)3-1-2-4-11/h5-7,14-15H,1-4,8,12H2. The maximum atomic E-state index is 9.43. The van der Waals surface area contributed by atoms with E-state index >= 15 is 0 Å². The highest BCUT2D eigenvalue weighted by atomic mass is 16.3. The van der Waals surface area contributed by atoms with Gasteiger partial charge in [0, 0.05) is 6.20 Å². The third-order valence-electron chi connectivity index (χ3n) is 3.03. The summed E-state index contributed by atoms with van der Waals surface area (Å²) in [5, 5.41) is 12.8. The van der Waals surface area contributed by atoms with Gasteiger partial charge >= 0.3 is 0 Å². The third kappa shape index (κ3) is 2.21. The maximum absolute atomic E-state index is 9.43. The van der Waals surface area contributed by atoms with Gasteiger partial charge in [0.1, 0.15) is 0 Å². The first-order valence-corrected chi connectivity index (χ1v) is 5.34. The molecule has 0 spiro atoms. The normalized spacial score (nSPS) is 19.0. The molecule has 0 radical (unpaired) electrons. The molecule has 0 unspecified atom stereocenters. The lowest BCUT2D eigenvalue weighted by Crippen LogP contribution is -2.39. The molecule has 0 bridgehead atoms. The fourth-order valence-corrected chi connectivity index (χ4v) is 2.21. The van der Waals surface area contributed by atoms with E-state index in [9.17, 15) is 5.11 Å². The van der Waals surface area contributed by atoms with Crippen LogP contribution in [-0.2, 0) is 0 Å². The van der Waals surface area contributed by atoms with Crippen LogP contribution in [0.1, 0.15) is 25.7 Å². The summed E-state index contributed by atoms with van der Waals surface area (Å²) in [6.45, 7) is 0.168. The van der Waals surface area contributed by atoms with Crippen molar-refractivity contribution >= 4 is 11.4 Å². The number of nitrogens with zero attached hydrogens (tertiary/aromatic N) is 1. The number of rotatable bonds is 3. The first-order chi connectivity index (χ1) is 7.24. The molecule has 0 atom stereocenters. The van der Waals surface area contributed by atoms with E-state index in [-0.39, 0.29) is 12.1 Å². The number of aliphatic hydroxyl groups is 1. The fraction of sp³-hybridized carbons (Fsp3) is 0.545. The minimum absolute atomic E-state index is 0.157. The molecule has 1 heterocycles. The lowest BCUT2D eigenvalue weighted by Gasteiger charge is -2.29. The van der Waals surface area contributed by atoms with Crippen molar-refractivity contribution in [3.8, 4) is 0 Å². The largest absolute Gasteiger partial charge is 0.397 e. The number of hydrogen-bond donors (Lipinski definition) is 3. The average Bonchev–Trinajstić information content (AvgIpc) is 2.67. The molecule has 1 aliphatic rings. The zero-order valence-corrected chi connectivity index (χ0v) is 8.74. The molecule has 82 valence electrons. The van der Waals surface area contributed by atoms with Crippen LogP contribution >= 0.6 is 0 Å². The second-order valence-corrected chi connectivity index (χ2v) is 4.28. The van der Waals surface area contributed by atoms with Crippen LogP contribution in [0.25, 0.3) is 0 Å². The van der Waals surface area contributed by atoms with Crippen LogP contribution in [0.5, 0.6) is 0 Å². The van der Waals surface area contributed by atoms with Crippen LogP contribution in [0, 0.1) is 0 Å². The molecule has 0 saturated heterocycles. The second-order valence-electron chi connectivity index (χ2n) is 4.28. The zero-order valence-electron chi connectivity index (χ0n) is 8.74. The number of nitrogens with two attached hydrogens (primary N) is 1. The molecular formula is C11H17N3O.